The van der Waals surface area contributed by atoms with Crippen LogP contribution >= 0.6 is 45.3 Å². The third-order valence-corrected chi connectivity index (χ3v) is 12.2. The maximum absolute atomic E-state index is 9.47. The van der Waals surface area contributed by atoms with E-state index in [9.17, 15) is 21.0 Å². The fraction of sp³-hybridized carbons (Fsp3) is 0.353. The van der Waals surface area contributed by atoms with Crippen LogP contribution in [0.1, 0.15) is 76.3 Å². The summed E-state index contributed by atoms with van der Waals surface area (Å²) in [7, 11) is 0. The molecule has 0 spiro atoms. The van der Waals surface area contributed by atoms with E-state index in [0.29, 0.717) is 0 Å². The molecule has 4 aromatic heterocycles. The van der Waals surface area contributed by atoms with Gasteiger partial charge in [0.05, 0.1) is 9.06 Å². The Kier molecular flexibility index (Phi) is 11.7. The number of rotatable bonds is 10. The molecule has 0 aliphatic rings. The summed E-state index contributed by atoms with van der Waals surface area (Å²) < 4.78 is 8.50. The summed E-state index contributed by atoms with van der Waals surface area (Å²) in [6.07, 6.45) is 11.2. The molecule has 212 valence electrons. The van der Waals surface area contributed by atoms with Gasteiger partial charge in [-0.25, -0.2) is 0 Å². The number of thiophene rings is 4. The van der Waals surface area contributed by atoms with E-state index in [2.05, 4.69) is 62.4 Å². The lowest BCUT2D eigenvalue weighted by Crippen LogP contribution is -1.95. The molecule has 0 N–H and O–H groups in total. The number of unbranched alkanes of at least 4 members (excludes halogenated alkanes) is 6. The van der Waals surface area contributed by atoms with Crippen LogP contribution in [0.5, 0.6) is 0 Å². The van der Waals surface area contributed by atoms with Crippen molar-refractivity contribution in [1.82, 2.24) is 0 Å². The highest BCUT2D eigenvalue weighted by Gasteiger charge is 2.07. The van der Waals surface area contributed by atoms with Crippen LogP contribution in [-0.4, -0.2) is 0 Å². The van der Waals surface area contributed by atoms with Gasteiger partial charge in [-0.1, -0.05) is 52.4 Å². The molecular formula is C34H32N4S4. The van der Waals surface area contributed by atoms with Crippen molar-refractivity contribution in [2.75, 3.05) is 0 Å². The van der Waals surface area contributed by atoms with Gasteiger partial charge in [0.1, 0.15) is 35.4 Å². The van der Waals surface area contributed by atoms with Gasteiger partial charge in [0.2, 0.25) is 0 Å². The van der Waals surface area contributed by atoms with Gasteiger partial charge in [0.25, 0.3) is 0 Å². The van der Waals surface area contributed by atoms with Crippen LogP contribution in [0.15, 0.2) is 36.4 Å². The smallest absolute Gasteiger partial charge is 0.146 e. The molecule has 0 atom stereocenters. The molecule has 4 nitrogen and oxygen atoms in total. The van der Waals surface area contributed by atoms with E-state index in [1.807, 2.05) is 12.1 Å². The molecule has 42 heavy (non-hydrogen) atoms. The molecular weight excluding hydrogens is 593 g/mol. The zero-order chi connectivity index (χ0) is 29.9. The second-order valence-corrected chi connectivity index (χ2v) is 14.3. The largest absolute Gasteiger partial charge is 0.192 e. The predicted octanol–water partition coefficient (Wildman–Crippen LogP) is 8.43. The highest BCUT2D eigenvalue weighted by atomic mass is 32.1. The number of nitrogens with zero attached hydrogens (tertiary/aromatic N) is 4. The Morgan fingerprint density at radius 2 is 0.905 bits per heavy atom. The first-order valence-corrected chi connectivity index (χ1v) is 17.6. The molecule has 4 aromatic rings. The Morgan fingerprint density at radius 3 is 1.26 bits per heavy atom. The van der Waals surface area contributed by atoms with Gasteiger partial charge >= 0.3 is 0 Å². The molecule has 4 rings (SSSR count). The number of aryl methyl sites for hydroxylation is 2. The predicted molar refractivity (Wildman–Crippen MR) is 175 cm³/mol. The topological polar surface area (TPSA) is 95.2 Å². The third kappa shape index (κ3) is 7.46. The Bertz CT molecular complexity index is 1950. The zero-order valence-electron chi connectivity index (χ0n) is 24.0. The van der Waals surface area contributed by atoms with Crippen molar-refractivity contribution >= 4 is 56.5 Å². The van der Waals surface area contributed by atoms with Crippen LogP contribution in [0.4, 0.5) is 0 Å². The van der Waals surface area contributed by atoms with Crippen molar-refractivity contribution in [2.24, 2.45) is 0 Å². The van der Waals surface area contributed by atoms with Crippen LogP contribution in [0, 0.1) is 72.5 Å². The summed E-state index contributed by atoms with van der Waals surface area (Å²) in [4.78, 5) is 0. The van der Waals surface area contributed by atoms with Gasteiger partial charge < -0.3 is 0 Å². The van der Waals surface area contributed by atoms with Gasteiger partial charge in [-0.05, 0) is 73.2 Å². The fourth-order valence-electron chi connectivity index (χ4n) is 4.83. The fourth-order valence-corrected chi connectivity index (χ4v) is 9.54. The van der Waals surface area contributed by atoms with E-state index in [4.69, 9.17) is 0 Å². The highest BCUT2D eigenvalue weighted by molar-refractivity contribution is 7.14. The first kappa shape index (κ1) is 31.4. The Morgan fingerprint density at radius 1 is 0.524 bits per heavy atom. The number of hydrogen-bond acceptors (Lipinski definition) is 8. The highest BCUT2D eigenvalue weighted by Crippen LogP contribution is 2.21. The van der Waals surface area contributed by atoms with Gasteiger partial charge in [0, 0.05) is 27.2 Å². The van der Waals surface area contributed by atoms with Gasteiger partial charge in [-0.15, -0.1) is 45.3 Å². The summed E-state index contributed by atoms with van der Waals surface area (Å²) in [5.74, 6) is 0. The lowest BCUT2D eigenvalue weighted by molar-refractivity contribution is 0.667. The second kappa shape index (κ2) is 15.7. The minimum Gasteiger partial charge on any atom is -0.192 e. The van der Waals surface area contributed by atoms with Crippen molar-refractivity contribution in [2.45, 2.75) is 78.1 Å². The molecule has 0 aromatic carbocycles. The van der Waals surface area contributed by atoms with E-state index in [1.54, 1.807) is 45.3 Å². The van der Waals surface area contributed by atoms with Crippen LogP contribution in [0.3, 0.4) is 0 Å². The van der Waals surface area contributed by atoms with Gasteiger partial charge in [0.15, 0.2) is 0 Å². The molecule has 4 heterocycles. The summed E-state index contributed by atoms with van der Waals surface area (Å²) in [5.41, 5.74) is 2.79. The Hall–Kier alpha value is -3.50. The molecule has 0 bridgehead atoms. The molecule has 0 aliphatic carbocycles. The molecule has 0 fully saturated rings. The van der Waals surface area contributed by atoms with Crippen LogP contribution in [0.25, 0.3) is 11.1 Å². The van der Waals surface area contributed by atoms with Crippen molar-refractivity contribution in [3.63, 3.8) is 0 Å². The number of hydrogen-bond donors (Lipinski definition) is 0. The average molecular weight is 625 g/mol. The van der Waals surface area contributed by atoms with Crippen molar-refractivity contribution in [3.8, 4) is 24.3 Å². The van der Waals surface area contributed by atoms with E-state index in [-0.39, 0.29) is 11.1 Å². The third-order valence-electron chi connectivity index (χ3n) is 7.06. The van der Waals surface area contributed by atoms with Gasteiger partial charge in [-0.2, -0.15) is 21.0 Å². The quantitative estimate of drug-likeness (QED) is 0.165. The van der Waals surface area contributed by atoms with E-state index in [0.717, 1.165) is 52.9 Å². The molecule has 0 radical (unpaired) electrons. The lowest BCUT2D eigenvalue weighted by atomic mass is 10.1. The lowest BCUT2D eigenvalue weighted by Gasteiger charge is -1.97. The average Bonchev–Trinajstić information content (AvgIpc) is 3.81. The summed E-state index contributed by atoms with van der Waals surface area (Å²) in [6.45, 7) is 4.41. The first-order chi connectivity index (χ1) is 20.6. The summed E-state index contributed by atoms with van der Waals surface area (Å²) in [6, 6.07) is 21.0. The Labute approximate surface area is 262 Å². The number of nitriles is 4. The van der Waals surface area contributed by atoms with Crippen LogP contribution in [0.2, 0.25) is 0 Å². The summed E-state index contributed by atoms with van der Waals surface area (Å²) in [5, 5.41) is 37.9. The molecule has 8 heteroatoms. The minimum absolute atomic E-state index is 0.176. The Balaban J connectivity index is 1.92. The maximum atomic E-state index is 9.47. The molecule has 0 amide bonds. The van der Waals surface area contributed by atoms with Crippen molar-refractivity contribution in [1.29, 1.82) is 21.0 Å². The van der Waals surface area contributed by atoms with Crippen molar-refractivity contribution in [3.05, 3.63) is 83.8 Å². The SMILES string of the molecule is CCCCCCc1cc(=C(C#N)C#N)s/c1=c1\cc/c(=c2\cc/c(=c3\sc(=C(C#N)C#N)cc3CCCCCC)s2)s1. The maximum Gasteiger partial charge on any atom is 0.146 e. The minimum atomic E-state index is 0.176. The normalized spacial score (nSPS) is 13.1. The molecule has 0 saturated heterocycles. The van der Waals surface area contributed by atoms with Crippen molar-refractivity contribution < 1.29 is 0 Å². The summed E-state index contributed by atoms with van der Waals surface area (Å²) >= 11 is 6.58. The van der Waals surface area contributed by atoms with Gasteiger partial charge in [-0.3, -0.25) is 0 Å². The van der Waals surface area contributed by atoms with E-state index in [1.165, 1.54) is 58.7 Å². The van der Waals surface area contributed by atoms with E-state index >= 15 is 0 Å². The first-order valence-electron chi connectivity index (χ1n) is 14.4. The molecule has 0 unspecified atom stereocenters. The second-order valence-electron chi connectivity index (χ2n) is 10.1. The zero-order valence-corrected chi connectivity index (χ0v) is 27.2. The molecule has 0 aliphatic heterocycles. The molecule has 0 saturated carbocycles. The monoisotopic (exact) mass is 624 g/mol. The standard InChI is InChI=1S/C34H32N4S4/c1-3-5-7-9-11-23-17-31(25(19-35)20-36)41-33(23)29-15-13-27(39-29)28-14-16-30(40-28)34-24(12-10-8-6-4-2)18-32(42-34)26(21-37)22-38/h13-18H,3-12H2,1-2H3/b28-27-,33-29+,34-30+. The van der Waals surface area contributed by atoms with Crippen LogP contribution in [-0.2, 0) is 12.8 Å². The van der Waals surface area contributed by atoms with E-state index < -0.39 is 0 Å². The van der Waals surface area contributed by atoms with Crippen LogP contribution < -0.4 is 9.06 Å².